The standard InChI is InChI=1S/C22H35N3O2/c1-24(16-12-20-10-5-6-14-23-20)18-22(27)13-7-15-25(21(22)26)17-11-19-8-3-2-4-9-19/h5-6,10,14,19,27H,2-4,7-9,11-13,15-18H2,1H3. The van der Waals surface area contributed by atoms with Crippen LogP contribution >= 0.6 is 0 Å². The molecule has 1 amide bonds. The average Bonchev–Trinajstić information content (AvgIpc) is 2.69. The molecule has 1 saturated heterocycles. The van der Waals surface area contributed by atoms with E-state index in [1.165, 1.54) is 32.1 Å². The van der Waals surface area contributed by atoms with E-state index in [1.54, 1.807) is 6.20 Å². The first-order chi connectivity index (χ1) is 13.1. The zero-order valence-electron chi connectivity index (χ0n) is 16.8. The molecule has 3 rings (SSSR count). The SMILES string of the molecule is CN(CCc1ccccn1)CC1(O)CCCN(CCC2CCCCC2)C1=O. The van der Waals surface area contributed by atoms with Gasteiger partial charge < -0.3 is 14.9 Å². The number of carbonyl (C=O) groups excluding carboxylic acids is 1. The number of carbonyl (C=O) groups is 1. The van der Waals surface area contributed by atoms with Crippen molar-refractivity contribution in [3.05, 3.63) is 30.1 Å². The maximum atomic E-state index is 13.0. The van der Waals surface area contributed by atoms with E-state index in [0.29, 0.717) is 13.0 Å². The lowest BCUT2D eigenvalue weighted by Crippen LogP contribution is -2.58. The van der Waals surface area contributed by atoms with Crippen molar-refractivity contribution in [2.45, 2.75) is 63.4 Å². The first-order valence-electron chi connectivity index (χ1n) is 10.7. The van der Waals surface area contributed by atoms with E-state index in [-0.39, 0.29) is 5.91 Å². The second-order valence-corrected chi connectivity index (χ2v) is 8.53. The number of piperidine rings is 1. The topological polar surface area (TPSA) is 56.7 Å². The van der Waals surface area contributed by atoms with E-state index in [2.05, 4.69) is 9.88 Å². The van der Waals surface area contributed by atoms with Crippen LogP contribution in [0, 0.1) is 5.92 Å². The number of hydrogen-bond donors (Lipinski definition) is 1. The Hall–Kier alpha value is -1.46. The molecule has 1 N–H and O–H groups in total. The highest BCUT2D eigenvalue weighted by Gasteiger charge is 2.42. The predicted octanol–water partition coefficient (Wildman–Crippen LogP) is 2.88. The van der Waals surface area contributed by atoms with E-state index >= 15 is 0 Å². The number of likely N-dealkylation sites (N-methyl/N-ethyl adjacent to an activating group) is 1. The molecule has 1 aromatic rings. The lowest BCUT2D eigenvalue weighted by Gasteiger charge is -2.40. The third-order valence-electron chi connectivity index (χ3n) is 6.24. The van der Waals surface area contributed by atoms with Crippen LogP contribution in [0.2, 0.25) is 0 Å². The zero-order valence-corrected chi connectivity index (χ0v) is 16.8. The number of pyridine rings is 1. The Bertz CT molecular complexity index is 588. The fourth-order valence-corrected chi connectivity index (χ4v) is 4.62. The Balaban J connectivity index is 1.48. The quantitative estimate of drug-likeness (QED) is 0.761. The van der Waals surface area contributed by atoms with Gasteiger partial charge in [-0.3, -0.25) is 9.78 Å². The summed E-state index contributed by atoms with van der Waals surface area (Å²) in [5.41, 5.74) is -0.190. The van der Waals surface area contributed by atoms with Gasteiger partial charge in [0.15, 0.2) is 5.60 Å². The largest absolute Gasteiger partial charge is 0.379 e. The van der Waals surface area contributed by atoms with Gasteiger partial charge in [-0.25, -0.2) is 0 Å². The number of hydrogen-bond acceptors (Lipinski definition) is 4. The van der Waals surface area contributed by atoms with Crippen LogP contribution in [0.1, 0.15) is 57.1 Å². The van der Waals surface area contributed by atoms with Crippen LogP contribution in [0.15, 0.2) is 24.4 Å². The van der Waals surface area contributed by atoms with Crippen molar-refractivity contribution < 1.29 is 9.90 Å². The van der Waals surface area contributed by atoms with Crippen molar-refractivity contribution in [3.63, 3.8) is 0 Å². The smallest absolute Gasteiger partial charge is 0.255 e. The van der Waals surface area contributed by atoms with Crippen LogP contribution in [0.5, 0.6) is 0 Å². The monoisotopic (exact) mass is 373 g/mol. The van der Waals surface area contributed by atoms with Crippen LogP contribution in [0.3, 0.4) is 0 Å². The third kappa shape index (κ3) is 5.76. The number of amides is 1. The maximum absolute atomic E-state index is 13.0. The molecule has 0 bridgehead atoms. The van der Waals surface area contributed by atoms with E-state index in [1.807, 2.05) is 30.1 Å². The molecule has 0 radical (unpaired) electrons. The van der Waals surface area contributed by atoms with Crippen LogP contribution in [0.4, 0.5) is 0 Å². The molecule has 27 heavy (non-hydrogen) atoms. The highest BCUT2D eigenvalue weighted by Crippen LogP contribution is 2.28. The fourth-order valence-electron chi connectivity index (χ4n) is 4.62. The van der Waals surface area contributed by atoms with Crippen LogP contribution < -0.4 is 0 Å². The molecule has 2 fully saturated rings. The van der Waals surface area contributed by atoms with Gasteiger partial charge in [-0.15, -0.1) is 0 Å². The minimum atomic E-state index is -1.23. The molecule has 1 aliphatic carbocycles. The molecular formula is C22H35N3O2. The molecule has 2 aliphatic rings. The van der Waals surface area contributed by atoms with Crippen LogP contribution in [-0.2, 0) is 11.2 Å². The van der Waals surface area contributed by atoms with Gasteiger partial charge in [-0.1, -0.05) is 38.2 Å². The van der Waals surface area contributed by atoms with Crippen LogP contribution in [0.25, 0.3) is 0 Å². The number of aliphatic hydroxyl groups is 1. The van der Waals surface area contributed by atoms with Crippen molar-refractivity contribution in [1.82, 2.24) is 14.8 Å². The number of likely N-dealkylation sites (tertiary alicyclic amines) is 1. The van der Waals surface area contributed by atoms with Crippen molar-refractivity contribution in [2.75, 3.05) is 33.2 Å². The van der Waals surface area contributed by atoms with Gasteiger partial charge in [0.2, 0.25) is 0 Å². The second-order valence-electron chi connectivity index (χ2n) is 8.53. The average molecular weight is 374 g/mol. The van der Waals surface area contributed by atoms with Gasteiger partial charge in [0.25, 0.3) is 5.91 Å². The Morgan fingerprint density at radius 1 is 1.26 bits per heavy atom. The Morgan fingerprint density at radius 3 is 2.81 bits per heavy atom. The molecule has 1 unspecified atom stereocenters. The molecular weight excluding hydrogens is 338 g/mol. The Morgan fingerprint density at radius 2 is 2.07 bits per heavy atom. The number of rotatable bonds is 8. The molecule has 5 nitrogen and oxygen atoms in total. The van der Waals surface area contributed by atoms with E-state index in [9.17, 15) is 9.90 Å². The molecule has 0 spiro atoms. The summed E-state index contributed by atoms with van der Waals surface area (Å²) in [5.74, 6) is 0.705. The molecule has 0 aromatic carbocycles. The van der Waals surface area contributed by atoms with Gasteiger partial charge >= 0.3 is 0 Å². The van der Waals surface area contributed by atoms with Crippen molar-refractivity contribution in [2.24, 2.45) is 5.92 Å². The maximum Gasteiger partial charge on any atom is 0.255 e. The highest BCUT2D eigenvalue weighted by molar-refractivity contribution is 5.86. The fraction of sp³-hybridized carbons (Fsp3) is 0.727. The summed E-state index contributed by atoms with van der Waals surface area (Å²) in [6, 6.07) is 5.92. The van der Waals surface area contributed by atoms with Gasteiger partial charge in [-0.2, -0.15) is 0 Å². The summed E-state index contributed by atoms with van der Waals surface area (Å²) in [6.45, 7) is 2.79. The van der Waals surface area contributed by atoms with Crippen molar-refractivity contribution >= 4 is 5.91 Å². The lowest BCUT2D eigenvalue weighted by atomic mass is 9.86. The summed E-state index contributed by atoms with van der Waals surface area (Å²) < 4.78 is 0. The molecule has 2 heterocycles. The summed E-state index contributed by atoms with van der Waals surface area (Å²) in [7, 11) is 1.98. The zero-order chi connectivity index (χ0) is 19.1. The molecule has 1 saturated carbocycles. The van der Waals surface area contributed by atoms with Gasteiger partial charge in [0.05, 0.1) is 0 Å². The minimum absolute atomic E-state index is 0.0609. The summed E-state index contributed by atoms with van der Waals surface area (Å²) in [6.07, 6.45) is 11.8. The first kappa shape index (κ1) is 20.3. The number of nitrogens with zero attached hydrogens (tertiary/aromatic N) is 3. The third-order valence-corrected chi connectivity index (χ3v) is 6.24. The van der Waals surface area contributed by atoms with Gasteiger partial charge in [0.1, 0.15) is 0 Å². The predicted molar refractivity (Wildman–Crippen MR) is 107 cm³/mol. The molecule has 1 aromatic heterocycles. The molecule has 1 aliphatic heterocycles. The normalized spacial score (nSPS) is 24.6. The Kier molecular flexibility index (Phi) is 7.25. The van der Waals surface area contributed by atoms with E-state index < -0.39 is 5.60 Å². The van der Waals surface area contributed by atoms with Crippen molar-refractivity contribution in [3.8, 4) is 0 Å². The molecule has 1 atom stereocenters. The highest BCUT2D eigenvalue weighted by atomic mass is 16.3. The second kappa shape index (κ2) is 9.65. The lowest BCUT2D eigenvalue weighted by molar-refractivity contribution is -0.159. The van der Waals surface area contributed by atoms with E-state index in [4.69, 9.17) is 0 Å². The van der Waals surface area contributed by atoms with Crippen molar-refractivity contribution in [1.29, 1.82) is 0 Å². The van der Waals surface area contributed by atoms with Crippen LogP contribution in [-0.4, -0.2) is 64.6 Å². The first-order valence-corrected chi connectivity index (χ1v) is 10.7. The molecule has 150 valence electrons. The van der Waals surface area contributed by atoms with E-state index in [0.717, 1.165) is 50.5 Å². The summed E-state index contributed by atoms with van der Waals surface area (Å²) in [4.78, 5) is 21.3. The minimum Gasteiger partial charge on any atom is -0.379 e. The summed E-state index contributed by atoms with van der Waals surface area (Å²) in [5, 5.41) is 11.1. The number of aromatic nitrogens is 1. The molecule has 5 heteroatoms. The Labute approximate surface area is 163 Å². The van der Waals surface area contributed by atoms with Gasteiger partial charge in [0, 0.05) is 44.5 Å². The summed E-state index contributed by atoms with van der Waals surface area (Å²) >= 11 is 0. The van der Waals surface area contributed by atoms with Gasteiger partial charge in [-0.05, 0) is 44.4 Å².